The van der Waals surface area contributed by atoms with Gasteiger partial charge >= 0.3 is 0 Å². The van der Waals surface area contributed by atoms with Gasteiger partial charge in [0.2, 0.25) is 5.13 Å². The molecule has 130 valence electrons. The molecule has 0 saturated carbocycles. The van der Waals surface area contributed by atoms with Crippen LogP contribution in [0.15, 0.2) is 30.3 Å². The highest BCUT2D eigenvalue weighted by Crippen LogP contribution is 2.27. The average molecular weight is 345 g/mol. The Morgan fingerprint density at radius 3 is 2.58 bits per heavy atom. The van der Waals surface area contributed by atoms with E-state index >= 15 is 0 Å². The van der Waals surface area contributed by atoms with Crippen LogP contribution in [0.4, 0.5) is 5.13 Å². The maximum atomic E-state index is 4.82. The molecule has 4 nitrogen and oxygen atoms in total. The summed E-state index contributed by atoms with van der Waals surface area (Å²) in [5, 5.41) is 1.08. The molecular weight excluding hydrogens is 316 g/mol. The molecule has 0 bridgehead atoms. The summed E-state index contributed by atoms with van der Waals surface area (Å²) in [7, 11) is 0. The lowest BCUT2D eigenvalue weighted by Gasteiger charge is -2.28. The predicted molar refractivity (Wildman–Crippen MR) is 102 cm³/mol. The lowest BCUT2D eigenvalue weighted by Crippen LogP contribution is -2.38. The molecule has 0 N–H and O–H groups in total. The van der Waals surface area contributed by atoms with Crippen LogP contribution in [0.25, 0.3) is 0 Å². The molecule has 2 aromatic rings. The van der Waals surface area contributed by atoms with Gasteiger partial charge in [0.1, 0.15) is 5.82 Å². The monoisotopic (exact) mass is 344 g/mol. The zero-order valence-corrected chi connectivity index (χ0v) is 16.0. The number of anilines is 1. The number of hydrogen-bond donors (Lipinski definition) is 0. The van der Waals surface area contributed by atoms with Crippen molar-refractivity contribution in [1.82, 2.24) is 14.3 Å². The van der Waals surface area contributed by atoms with Gasteiger partial charge in [-0.1, -0.05) is 51.1 Å². The van der Waals surface area contributed by atoms with Gasteiger partial charge in [0.05, 0.1) is 0 Å². The predicted octanol–water partition coefficient (Wildman–Crippen LogP) is 3.94. The largest absolute Gasteiger partial charge is 0.343 e. The fraction of sp³-hybridized carbons (Fsp3) is 0.579. The molecule has 1 aliphatic heterocycles. The lowest BCUT2D eigenvalue weighted by molar-refractivity contribution is 0.268. The fourth-order valence-electron chi connectivity index (χ4n) is 3.15. The first-order valence-electron chi connectivity index (χ1n) is 8.80. The normalized spacial score (nSPS) is 20.2. The third-order valence-electron chi connectivity index (χ3n) is 4.51. The summed E-state index contributed by atoms with van der Waals surface area (Å²) in [6.07, 6.45) is 1.17. The summed E-state index contributed by atoms with van der Waals surface area (Å²) in [6, 6.07) is 11.2. The average Bonchev–Trinajstić information content (AvgIpc) is 2.95. The van der Waals surface area contributed by atoms with Crippen LogP contribution in [0.5, 0.6) is 0 Å². The van der Waals surface area contributed by atoms with Crippen molar-refractivity contribution in [2.75, 3.05) is 24.5 Å². The van der Waals surface area contributed by atoms with E-state index in [-0.39, 0.29) is 5.41 Å². The van der Waals surface area contributed by atoms with Gasteiger partial charge in [-0.3, -0.25) is 4.90 Å². The Balaban J connectivity index is 1.68. The minimum atomic E-state index is 0.0170. The van der Waals surface area contributed by atoms with E-state index in [0.29, 0.717) is 6.04 Å². The molecule has 24 heavy (non-hydrogen) atoms. The van der Waals surface area contributed by atoms with E-state index in [1.165, 1.54) is 12.0 Å². The molecule has 0 aliphatic carbocycles. The quantitative estimate of drug-likeness (QED) is 0.844. The summed E-state index contributed by atoms with van der Waals surface area (Å²) in [5.41, 5.74) is 1.41. The van der Waals surface area contributed by atoms with Crippen molar-refractivity contribution < 1.29 is 0 Å². The van der Waals surface area contributed by atoms with Crippen LogP contribution in [0.3, 0.4) is 0 Å². The van der Waals surface area contributed by atoms with E-state index in [0.717, 1.165) is 37.1 Å². The molecule has 1 aliphatic rings. The van der Waals surface area contributed by atoms with Crippen molar-refractivity contribution in [3.8, 4) is 0 Å². The molecular formula is C19H28N4S. The van der Waals surface area contributed by atoms with E-state index in [2.05, 4.69) is 72.2 Å². The van der Waals surface area contributed by atoms with Gasteiger partial charge in [-0.05, 0) is 18.9 Å². The molecule has 3 rings (SSSR count). The Morgan fingerprint density at radius 2 is 1.92 bits per heavy atom. The van der Waals surface area contributed by atoms with Crippen LogP contribution in [0, 0.1) is 0 Å². The third-order valence-corrected chi connectivity index (χ3v) is 5.26. The molecule has 0 radical (unpaired) electrons. The SMILES string of the molecule is CC1CN(Cc2ccccc2)CCCN1c1nc(C(C)(C)C)ns1. The Kier molecular flexibility index (Phi) is 5.21. The number of rotatable bonds is 3. The van der Waals surface area contributed by atoms with Crippen molar-refractivity contribution in [2.45, 2.75) is 52.1 Å². The molecule has 0 spiro atoms. The smallest absolute Gasteiger partial charge is 0.205 e. The molecule has 1 fully saturated rings. The highest BCUT2D eigenvalue weighted by atomic mass is 32.1. The molecule has 1 aromatic carbocycles. The van der Waals surface area contributed by atoms with Crippen LogP contribution in [-0.2, 0) is 12.0 Å². The molecule has 1 aromatic heterocycles. The zero-order chi connectivity index (χ0) is 17.2. The van der Waals surface area contributed by atoms with E-state index < -0.39 is 0 Å². The zero-order valence-electron chi connectivity index (χ0n) is 15.2. The number of aromatic nitrogens is 2. The second-order valence-electron chi connectivity index (χ2n) is 7.77. The van der Waals surface area contributed by atoms with Crippen LogP contribution < -0.4 is 4.90 Å². The minimum absolute atomic E-state index is 0.0170. The first-order valence-corrected chi connectivity index (χ1v) is 9.58. The number of hydrogen-bond acceptors (Lipinski definition) is 5. The summed E-state index contributed by atoms with van der Waals surface area (Å²) in [4.78, 5) is 9.82. The maximum Gasteiger partial charge on any atom is 0.205 e. The topological polar surface area (TPSA) is 32.3 Å². The van der Waals surface area contributed by atoms with Crippen molar-refractivity contribution in [2.24, 2.45) is 0 Å². The first-order chi connectivity index (χ1) is 11.4. The first kappa shape index (κ1) is 17.4. The fourth-order valence-corrected chi connectivity index (χ4v) is 4.14. The van der Waals surface area contributed by atoms with E-state index in [9.17, 15) is 0 Å². The van der Waals surface area contributed by atoms with Crippen LogP contribution in [-0.4, -0.2) is 39.9 Å². The standard InChI is InChI=1S/C19H28N4S/c1-15-13-22(14-16-9-6-5-7-10-16)11-8-12-23(15)18-20-17(21-24-18)19(2,3)4/h5-7,9-10,15H,8,11-14H2,1-4H3. The summed E-state index contributed by atoms with van der Waals surface area (Å²) >= 11 is 1.55. The Morgan fingerprint density at radius 1 is 1.17 bits per heavy atom. The van der Waals surface area contributed by atoms with Crippen molar-refractivity contribution in [3.63, 3.8) is 0 Å². The molecule has 1 saturated heterocycles. The summed E-state index contributed by atoms with van der Waals surface area (Å²) in [6.45, 7) is 13.1. The van der Waals surface area contributed by atoms with Crippen LogP contribution in [0.1, 0.15) is 45.5 Å². The Bertz CT molecular complexity index is 647. The van der Waals surface area contributed by atoms with Gasteiger partial charge in [0, 0.05) is 49.2 Å². The van der Waals surface area contributed by atoms with Crippen LogP contribution in [0.2, 0.25) is 0 Å². The van der Waals surface area contributed by atoms with Gasteiger partial charge in [0.25, 0.3) is 0 Å². The molecule has 5 heteroatoms. The number of benzene rings is 1. The Hall–Kier alpha value is -1.46. The van der Waals surface area contributed by atoms with E-state index in [1.807, 2.05) is 0 Å². The second kappa shape index (κ2) is 7.19. The van der Waals surface area contributed by atoms with Gasteiger partial charge in [-0.25, -0.2) is 4.98 Å². The molecule has 1 unspecified atom stereocenters. The van der Waals surface area contributed by atoms with E-state index in [4.69, 9.17) is 4.98 Å². The van der Waals surface area contributed by atoms with Crippen molar-refractivity contribution >= 4 is 16.7 Å². The number of nitrogens with zero attached hydrogens (tertiary/aromatic N) is 4. The van der Waals surface area contributed by atoms with Crippen molar-refractivity contribution in [3.05, 3.63) is 41.7 Å². The second-order valence-corrected chi connectivity index (χ2v) is 8.50. The third kappa shape index (κ3) is 4.14. The van der Waals surface area contributed by atoms with Gasteiger partial charge in [-0.2, -0.15) is 4.37 Å². The van der Waals surface area contributed by atoms with Crippen LogP contribution >= 0.6 is 11.5 Å². The van der Waals surface area contributed by atoms with Gasteiger partial charge in [-0.15, -0.1) is 0 Å². The van der Waals surface area contributed by atoms with Crippen molar-refractivity contribution in [1.29, 1.82) is 0 Å². The lowest BCUT2D eigenvalue weighted by atomic mass is 9.96. The highest BCUT2D eigenvalue weighted by molar-refractivity contribution is 7.09. The summed E-state index contributed by atoms with van der Waals surface area (Å²) in [5.74, 6) is 0.958. The molecule has 1 atom stereocenters. The maximum absolute atomic E-state index is 4.82. The van der Waals surface area contributed by atoms with Gasteiger partial charge in [0.15, 0.2) is 0 Å². The summed E-state index contributed by atoms with van der Waals surface area (Å²) < 4.78 is 4.59. The Labute approximate surface area is 149 Å². The highest BCUT2D eigenvalue weighted by Gasteiger charge is 2.26. The molecule has 0 amide bonds. The van der Waals surface area contributed by atoms with E-state index in [1.54, 1.807) is 11.5 Å². The van der Waals surface area contributed by atoms with Gasteiger partial charge < -0.3 is 4.90 Å². The molecule has 2 heterocycles. The minimum Gasteiger partial charge on any atom is -0.343 e.